The first-order valence-corrected chi connectivity index (χ1v) is 9.89. The number of ether oxygens (including phenoxy) is 1. The molecule has 6 nitrogen and oxygen atoms in total. The number of aryl methyl sites for hydroxylation is 1. The number of amides is 2. The summed E-state index contributed by atoms with van der Waals surface area (Å²) < 4.78 is 5.69. The summed E-state index contributed by atoms with van der Waals surface area (Å²) in [7, 11) is 3.52. The Morgan fingerprint density at radius 2 is 1.76 bits per heavy atom. The lowest BCUT2D eigenvalue weighted by Gasteiger charge is -2.12. The topological polar surface area (TPSA) is 70.7 Å². The number of carbonyl (C=O) groups is 2. The molecule has 0 atom stereocenters. The van der Waals surface area contributed by atoms with Gasteiger partial charge in [0.15, 0.2) is 0 Å². The molecule has 6 heteroatoms. The summed E-state index contributed by atoms with van der Waals surface area (Å²) >= 11 is 0. The van der Waals surface area contributed by atoms with Crippen LogP contribution in [0.5, 0.6) is 5.75 Å². The Balaban J connectivity index is 1.79. The maximum Gasteiger partial charge on any atom is 0.243 e. The maximum atomic E-state index is 12.2. The molecule has 2 rings (SSSR count). The first-order valence-electron chi connectivity index (χ1n) is 9.89. The number of nitrogens with zero attached hydrogens (tertiary/aromatic N) is 1. The van der Waals surface area contributed by atoms with Gasteiger partial charge in [0.2, 0.25) is 11.8 Å². The van der Waals surface area contributed by atoms with Crippen molar-refractivity contribution in [1.29, 1.82) is 0 Å². The van der Waals surface area contributed by atoms with Crippen LogP contribution in [0.15, 0.2) is 48.5 Å². The van der Waals surface area contributed by atoms with Gasteiger partial charge < -0.3 is 20.3 Å². The summed E-state index contributed by atoms with van der Waals surface area (Å²) in [5.41, 5.74) is 2.66. The number of rotatable bonds is 10. The Labute approximate surface area is 173 Å². The van der Waals surface area contributed by atoms with E-state index in [1.165, 1.54) is 0 Å². The molecular weight excluding hydrogens is 366 g/mol. The largest absolute Gasteiger partial charge is 0.493 e. The standard InChI is InChI=1S/C23H31N3O3/c1-17(2)16-29-21-7-5-6-20(14-21)25-22(27)15-24-19-11-8-18(9-12-19)10-13-23(28)26(3)4/h5-9,11-12,14,17,24H,10,13,15-16H2,1-4H3,(H,25,27). The number of hydrogen-bond acceptors (Lipinski definition) is 4. The van der Waals surface area contributed by atoms with Crippen LogP contribution in [0, 0.1) is 5.92 Å². The minimum absolute atomic E-state index is 0.113. The third-order valence-corrected chi connectivity index (χ3v) is 4.23. The second kappa shape index (κ2) is 11.1. The fourth-order valence-electron chi connectivity index (χ4n) is 2.58. The molecule has 0 aliphatic heterocycles. The zero-order chi connectivity index (χ0) is 21.2. The molecule has 2 N–H and O–H groups in total. The molecule has 0 radical (unpaired) electrons. The molecule has 0 bridgehead atoms. The van der Waals surface area contributed by atoms with E-state index in [-0.39, 0.29) is 18.4 Å². The quantitative estimate of drug-likeness (QED) is 0.640. The lowest BCUT2D eigenvalue weighted by Crippen LogP contribution is -2.22. The van der Waals surface area contributed by atoms with Gasteiger partial charge in [-0.05, 0) is 42.2 Å². The van der Waals surface area contributed by atoms with Gasteiger partial charge in [0.1, 0.15) is 5.75 Å². The highest BCUT2D eigenvalue weighted by Gasteiger charge is 2.06. The summed E-state index contributed by atoms with van der Waals surface area (Å²) in [6.45, 7) is 4.98. The van der Waals surface area contributed by atoms with Crippen LogP contribution in [0.1, 0.15) is 25.8 Å². The van der Waals surface area contributed by atoms with Gasteiger partial charge >= 0.3 is 0 Å². The number of benzene rings is 2. The molecule has 0 aliphatic rings. The van der Waals surface area contributed by atoms with Crippen LogP contribution >= 0.6 is 0 Å². The van der Waals surface area contributed by atoms with E-state index in [0.717, 1.165) is 17.0 Å². The monoisotopic (exact) mass is 397 g/mol. The third kappa shape index (κ3) is 8.25. The Hall–Kier alpha value is -3.02. The molecule has 29 heavy (non-hydrogen) atoms. The van der Waals surface area contributed by atoms with Crippen LogP contribution in [0.25, 0.3) is 0 Å². The Kier molecular flexibility index (Phi) is 8.52. The predicted molar refractivity (Wildman–Crippen MR) is 117 cm³/mol. The first-order chi connectivity index (χ1) is 13.8. The molecule has 0 aliphatic carbocycles. The highest BCUT2D eigenvalue weighted by molar-refractivity contribution is 5.93. The second-order valence-corrected chi connectivity index (χ2v) is 7.62. The summed E-state index contributed by atoms with van der Waals surface area (Å²) in [6, 6.07) is 15.2. The van der Waals surface area contributed by atoms with Gasteiger partial charge in [-0.25, -0.2) is 0 Å². The van der Waals surface area contributed by atoms with Crippen molar-refractivity contribution in [2.45, 2.75) is 26.7 Å². The van der Waals surface area contributed by atoms with Crippen molar-refractivity contribution in [2.75, 3.05) is 37.9 Å². The molecule has 2 amide bonds. The minimum Gasteiger partial charge on any atom is -0.493 e. The number of anilines is 2. The van der Waals surface area contributed by atoms with Gasteiger partial charge in [-0.3, -0.25) is 9.59 Å². The molecule has 2 aromatic carbocycles. The van der Waals surface area contributed by atoms with E-state index in [4.69, 9.17) is 4.74 Å². The Morgan fingerprint density at radius 1 is 1.03 bits per heavy atom. The summed E-state index contributed by atoms with van der Waals surface area (Å²) in [4.78, 5) is 25.5. The van der Waals surface area contributed by atoms with Crippen molar-refractivity contribution in [1.82, 2.24) is 4.90 Å². The van der Waals surface area contributed by atoms with Crippen LogP contribution in [0.2, 0.25) is 0 Å². The third-order valence-electron chi connectivity index (χ3n) is 4.23. The van der Waals surface area contributed by atoms with Crippen LogP contribution < -0.4 is 15.4 Å². The zero-order valence-electron chi connectivity index (χ0n) is 17.7. The average Bonchev–Trinajstić information content (AvgIpc) is 2.70. The van der Waals surface area contributed by atoms with Gasteiger partial charge in [0, 0.05) is 38.0 Å². The molecule has 0 saturated heterocycles. The van der Waals surface area contributed by atoms with Gasteiger partial charge in [0.05, 0.1) is 13.2 Å². The van der Waals surface area contributed by atoms with E-state index < -0.39 is 0 Å². The fourth-order valence-corrected chi connectivity index (χ4v) is 2.58. The molecule has 0 fully saturated rings. The summed E-state index contributed by atoms with van der Waals surface area (Å²) in [5.74, 6) is 1.17. The lowest BCUT2D eigenvalue weighted by molar-refractivity contribution is -0.128. The van der Waals surface area contributed by atoms with Crippen molar-refractivity contribution in [3.05, 3.63) is 54.1 Å². The normalized spacial score (nSPS) is 10.5. The van der Waals surface area contributed by atoms with Crippen LogP contribution in [-0.2, 0) is 16.0 Å². The molecular formula is C23H31N3O3. The van der Waals surface area contributed by atoms with Gasteiger partial charge in [-0.1, -0.05) is 32.0 Å². The van der Waals surface area contributed by atoms with Gasteiger partial charge in [0.25, 0.3) is 0 Å². The van der Waals surface area contributed by atoms with Crippen molar-refractivity contribution in [2.24, 2.45) is 5.92 Å². The maximum absolute atomic E-state index is 12.2. The minimum atomic E-state index is -0.133. The van der Waals surface area contributed by atoms with Crippen LogP contribution in [-0.4, -0.2) is 44.0 Å². The Morgan fingerprint density at radius 3 is 2.41 bits per heavy atom. The molecule has 2 aromatic rings. The number of nitrogens with one attached hydrogen (secondary N) is 2. The van der Waals surface area contributed by atoms with E-state index in [2.05, 4.69) is 24.5 Å². The molecule has 0 aromatic heterocycles. The SMILES string of the molecule is CC(C)COc1cccc(NC(=O)CNc2ccc(CCC(=O)N(C)C)cc2)c1. The second-order valence-electron chi connectivity index (χ2n) is 7.62. The van der Waals surface area contributed by atoms with Crippen LogP contribution in [0.4, 0.5) is 11.4 Å². The zero-order valence-corrected chi connectivity index (χ0v) is 17.7. The van der Waals surface area contributed by atoms with E-state index in [9.17, 15) is 9.59 Å². The van der Waals surface area contributed by atoms with E-state index >= 15 is 0 Å². The smallest absolute Gasteiger partial charge is 0.243 e. The fraction of sp³-hybridized carbons (Fsp3) is 0.391. The van der Waals surface area contributed by atoms with E-state index in [1.807, 2.05) is 48.5 Å². The van der Waals surface area contributed by atoms with E-state index in [0.29, 0.717) is 31.1 Å². The molecule has 0 spiro atoms. The molecule has 0 saturated carbocycles. The average molecular weight is 398 g/mol. The lowest BCUT2D eigenvalue weighted by atomic mass is 10.1. The van der Waals surface area contributed by atoms with Gasteiger partial charge in [-0.15, -0.1) is 0 Å². The van der Waals surface area contributed by atoms with Crippen LogP contribution in [0.3, 0.4) is 0 Å². The summed E-state index contributed by atoms with van der Waals surface area (Å²) in [5, 5.41) is 5.98. The van der Waals surface area contributed by atoms with Gasteiger partial charge in [-0.2, -0.15) is 0 Å². The highest BCUT2D eigenvalue weighted by Crippen LogP contribution is 2.18. The van der Waals surface area contributed by atoms with E-state index in [1.54, 1.807) is 19.0 Å². The van der Waals surface area contributed by atoms with Crippen molar-refractivity contribution >= 4 is 23.2 Å². The highest BCUT2D eigenvalue weighted by atomic mass is 16.5. The van der Waals surface area contributed by atoms with Crippen molar-refractivity contribution in [3.8, 4) is 5.75 Å². The number of carbonyl (C=O) groups excluding carboxylic acids is 2. The Bertz CT molecular complexity index is 801. The molecule has 0 unspecified atom stereocenters. The van der Waals surface area contributed by atoms with Crippen molar-refractivity contribution in [3.63, 3.8) is 0 Å². The number of hydrogen-bond donors (Lipinski definition) is 2. The predicted octanol–water partition coefficient (Wildman–Crippen LogP) is 3.79. The first kappa shape index (κ1) is 22.3. The van der Waals surface area contributed by atoms with Crippen molar-refractivity contribution < 1.29 is 14.3 Å². The molecule has 0 heterocycles. The molecule has 156 valence electrons. The summed E-state index contributed by atoms with van der Waals surface area (Å²) in [6.07, 6.45) is 1.19.